The first-order valence-electron chi connectivity index (χ1n) is 8.81. The number of nitrogens with one attached hydrogen (secondary N) is 2. The second-order valence-corrected chi connectivity index (χ2v) is 6.34. The maximum absolute atomic E-state index is 12.9. The van der Waals surface area contributed by atoms with E-state index in [9.17, 15) is 9.18 Å². The fraction of sp³-hybridized carbons (Fsp3) is 0.350. The van der Waals surface area contributed by atoms with Crippen LogP contribution in [-0.4, -0.2) is 25.5 Å². The lowest BCUT2D eigenvalue weighted by Crippen LogP contribution is -2.32. The van der Waals surface area contributed by atoms with Crippen molar-refractivity contribution in [1.29, 1.82) is 0 Å². The monoisotopic (exact) mass is 341 g/mol. The van der Waals surface area contributed by atoms with Gasteiger partial charge in [-0.3, -0.25) is 4.79 Å². The van der Waals surface area contributed by atoms with Crippen LogP contribution in [0, 0.1) is 5.82 Å². The minimum Gasteiger partial charge on any atom is -0.370 e. The molecule has 0 radical (unpaired) electrons. The van der Waals surface area contributed by atoms with Gasteiger partial charge >= 0.3 is 0 Å². The molecule has 1 aliphatic heterocycles. The van der Waals surface area contributed by atoms with Crippen LogP contribution in [-0.2, 0) is 11.3 Å². The van der Waals surface area contributed by atoms with Crippen molar-refractivity contribution in [2.75, 3.05) is 29.9 Å². The van der Waals surface area contributed by atoms with Gasteiger partial charge < -0.3 is 15.5 Å². The number of para-hydroxylation sites is 2. The highest BCUT2D eigenvalue weighted by molar-refractivity contribution is 5.95. The third-order valence-corrected chi connectivity index (χ3v) is 4.40. The van der Waals surface area contributed by atoms with E-state index in [-0.39, 0.29) is 18.3 Å². The lowest BCUT2D eigenvalue weighted by molar-refractivity contribution is -0.115. The maximum Gasteiger partial charge on any atom is 0.238 e. The molecule has 0 aromatic heterocycles. The van der Waals surface area contributed by atoms with E-state index in [0.717, 1.165) is 30.0 Å². The highest BCUT2D eigenvalue weighted by Gasteiger charge is 2.15. The Kier molecular flexibility index (Phi) is 6.01. The Hall–Kier alpha value is -2.40. The van der Waals surface area contributed by atoms with Crippen molar-refractivity contribution < 1.29 is 9.18 Å². The molecule has 0 bridgehead atoms. The number of rotatable bonds is 6. The van der Waals surface area contributed by atoms with Gasteiger partial charge in [-0.25, -0.2) is 4.39 Å². The highest BCUT2D eigenvalue weighted by atomic mass is 19.1. The van der Waals surface area contributed by atoms with Gasteiger partial charge in [0.1, 0.15) is 5.82 Å². The molecule has 1 heterocycles. The molecule has 1 aliphatic rings. The summed E-state index contributed by atoms with van der Waals surface area (Å²) >= 11 is 0. The van der Waals surface area contributed by atoms with Crippen LogP contribution < -0.4 is 15.5 Å². The lowest BCUT2D eigenvalue weighted by atomic mass is 10.1. The topological polar surface area (TPSA) is 44.4 Å². The Labute approximate surface area is 148 Å². The van der Waals surface area contributed by atoms with Crippen LogP contribution in [0.25, 0.3) is 0 Å². The van der Waals surface area contributed by atoms with Crippen molar-refractivity contribution in [2.24, 2.45) is 0 Å². The van der Waals surface area contributed by atoms with E-state index in [4.69, 9.17) is 0 Å². The quantitative estimate of drug-likeness (QED) is 0.845. The number of benzene rings is 2. The Balaban J connectivity index is 1.53. The summed E-state index contributed by atoms with van der Waals surface area (Å²) < 4.78 is 12.9. The summed E-state index contributed by atoms with van der Waals surface area (Å²) in [5, 5.41) is 6.09. The van der Waals surface area contributed by atoms with Crippen LogP contribution in [0.2, 0.25) is 0 Å². The summed E-state index contributed by atoms with van der Waals surface area (Å²) in [7, 11) is 0. The summed E-state index contributed by atoms with van der Waals surface area (Å²) in [6.07, 6.45) is 3.67. The second kappa shape index (κ2) is 8.62. The van der Waals surface area contributed by atoms with Gasteiger partial charge in [0, 0.05) is 19.6 Å². The number of amides is 1. The fourth-order valence-electron chi connectivity index (χ4n) is 3.11. The van der Waals surface area contributed by atoms with Crippen molar-refractivity contribution in [2.45, 2.75) is 25.8 Å². The summed E-state index contributed by atoms with van der Waals surface area (Å²) in [5.74, 6) is -0.331. The van der Waals surface area contributed by atoms with Crippen molar-refractivity contribution in [3.8, 4) is 0 Å². The Morgan fingerprint density at radius 3 is 2.48 bits per heavy atom. The molecule has 25 heavy (non-hydrogen) atoms. The fourth-order valence-corrected chi connectivity index (χ4v) is 3.11. The van der Waals surface area contributed by atoms with E-state index in [1.165, 1.54) is 31.4 Å². The van der Waals surface area contributed by atoms with Gasteiger partial charge in [0.25, 0.3) is 0 Å². The molecule has 0 aliphatic carbocycles. The van der Waals surface area contributed by atoms with Crippen molar-refractivity contribution in [3.05, 3.63) is 59.9 Å². The minimum absolute atomic E-state index is 0.0772. The molecule has 132 valence electrons. The van der Waals surface area contributed by atoms with E-state index < -0.39 is 0 Å². The second-order valence-electron chi connectivity index (χ2n) is 6.34. The third-order valence-electron chi connectivity index (χ3n) is 4.40. The lowest BCUT2D eigenvalue weighted by Gasteiger charge is -2.30. The zero-order chi connectivity index (χ0) is 17.5. The largest absolute Gasteiger partial charge is 0.370 e. The number of anilines is 2. The predicted octanol–water partition coefficient (Wildman–Crippen LogP) is 3.54. The van der Waals surface area contributed by atoms with Crippen LogP contribution in [0.1, 0.15) is 24.8 Å². The van der Waals surface area contributed by atoms with Gasteiger partial charge in [-0.2, -0.15) is 0 Å². The average Bonchev–Trinajstić information content (AvgIpc) is 2.64. The number of carbonyl (C=O) groups excluding carboxylic acids is 1. The molecule has 3 rings (SSSR count). The molecule has 2 aromatic carbocycles. The maximum atomic E-state index is 12.9. The molecule has 5 heteroatoms. The van der Waals surface area contributed by atoms with E-state index in [1.54, 1.807) is 12.1 Å². The summed E-state index contributed by atoms with van der Waals surface area (Å²) in [6, 6.07) is 14.2. The van der Waals surface area contributed by atoms with E-state index in [1.807, 2.05) is 18.2 Å². The van der Waals surface area contributed by atoms with Gasteiger partial charge in [0.05, 0.1) is 17.9 Å². The molecular weight excluding hydrogens is 317 g/mol. The van der Waals surface area contributed by atoms with Gasteiger partial charge in [-0.1, -0.05) is 24.3 Å². The first-order chi connectivity index (χ1) is 12.2. The van der Waals surface area contributed by atoms with Crippen LogP contribution in [0.15, 0.2) is 48.5 Å². The molecule has 2 aromatic rings. The zero-order valence-corrected chi connectivity index (χ0v) is 14.3. The van der Waals surface area contributed by atoms with Gasteiger partial charge in [-0.15, -0.1) is 0 Å². The standard InChI is InChI=1S/C20H24FN3O/c21-17-10-8-16(9-11-17)14-22-15-20(25)23-18-6-2-3-7-19(18)24-12-4-1-5-13-24/h2-3,6-11,22H,1,4-5,12-15H2,(H,23,25). The zero-order valence-electron chi connectivity index (χ0n) is 14.3. The first kappa shape index (κ1) is 17.4. The number of nitrogens with zero attached hydrogens (tertiary/aromatic N) is 1. The van der Waals surface area contributed by atoms with E-state index in [0.29, 0.717) is 6.54 Å². The van der Waals surface area contributed by atoms with E-state index >= 15 is 0 Å². The van der Waals surface area contributed by atoms with Crippen LogP contribution in [0.4, 0.5) is 15.8 Å². The first-order valence-corrected chi connectivity index (χ1v) is 8.81. The van der Waals surface area contributed by atoms with Crippen LogP contribution in [0.5, 0.6) is 0 Å². The molecule has 4 nitrogen and oxygen atoms in total. The summed E-state index contributed by atoms with van der Waals surface area (Å²) in [5.41, 5.74) is 2.90. The molecule has 1 fully saturated rings. The highest BCUT2D eigenvalue weighted by Crippen LogP contribution is 2.28. The molecule has 1 saturated heterocycles. The SMILES string of the molecule is O=C(CNCc1ccc(F)cc1)Nc1ccccc1N1CCCCC1. The van der Waals surface area contributed by atoms with Gasteiger partial charge in [0.2, 0.25) is 5.91 Å². The number of hydrogen-bond acceptors (Lipinski definition) is 3. The number of carbonyl (C=O) groups is 1. The predicted molar refractivity (Wildman–Crippen MR) is 99.2 cm³/mol. The van der Waals surface area contributed by atoms with Crippen molar-refractivity contribution in [3.63, 3.8) is 0 Å². The van der Waals surface area contributed by atoms with Gasteiger partial charge in [0.15, 0.2) is 0 Å². The Bertz CT molecular complexity index is 696. The van der Waals surface area contributed by atoms with Crippen molar-refractivity contribution in [1.82, 2.24) is 5.32 Å². The molecule has 0 unspecified atom stereocenters. The minimum atomic E-state index is -0.254. The molecule has 0 saturated carbocycles. The van der Waals surface area contributed by atoms with Crippen molar-refractivity contribution >= 4 is 17.3 Å². The molecule has 2 N–H and O–H groups in total. The Morgan fingerprint density at radius 1 is 1.00 bits per heavy atom. The molecule has 1 amide bonds. The number of halogens is 1. The summed E-state index contributed by atoms with van der Waals surface area (Å²) in [4.78, 5) is 14.6. The molecule has 0 spiro atoms. The summed E-state index contributed by atoms with van der Waals surface area (Å²) in [6.45, 7) is 2.82. The Morgan fingerprint density at radius 2 is 1.72 bits per heavy atom. The smallest absolute Gasteiger partial charge is 0.238 e. The molecular formula is C20H24FN3O. The number of hydrogen-bond donors (Lipinski definition) is 2. The van der Waals surface area contributed by atoms with E-state index in [2.05, 4.69) is 21.6 Å². The third kappa shape index (κ3) is 5.03. The van der Waals surface area contributed by atoms with Gasteiger partial charge in [-0.05, 0) is 49.1 Å². The molecule has 0 atom stereocenters. The van der Waals surface area contributed by atoms with Crippen LogP contribution in [0.3, 0.4) is 0 Å². The average molecular weight is 341 g/mol. The number of piperidine rings is 1. The normalized spacial score (nSPS) is 14.4. The van der Waals surface area contributed by atoms with Crippen LogP contribution >= 0.6 is 0 Å².